The molecule has 0 radical (unpaired) electrons. The summed E-state index contributed by atoms with van der Waals surface area (Å²) in [5, 5.41) is 15.5. The molecule has 6 nitrogen and oxygen atoms in total. The zero-order valence-electron chi connectivity index (χ0n) is 10.2. The lowest BCUT2D eigenvalue weighted by Crippen LogP contribution is -2.12. The molecule has 2 N–H and O–H groups in total. The Kier molecular flexibility index (Phi) is 4.15. The summed E-state index contributed by atoms with van der Waals surface area (Å²) >= 11 is 1.36. The van der Waals surface area contributed by atoms with Crippen LogP contribution in [-0.2, 0) is 4.79 Å². The number of thioether (sulfide) groups is 1. The van der Waals surface area contributed by atoms with E-state index in [1.54, 1.807) is 0 Å². The Morgan fingerprint density at radius 1 is 1.53 bits per heavy atom. The van der Waals surface area contributed by atoms with Crippen LogP contribution in [0, 0.1) is 11.5 Å². The van der Waals surface area contributed by atoms with Crippen LogP contribution in [0.5, 0.6) is 0 Å². The first kappa shape index (κ1) is 13.1. The number of aliphatic imine (C=N–C) groups is 1. The van der Waals surface area contributed by atoms with Gasteiger partial charge in [-0.3, -0.25) is 10.1 Å². The number of nitriles is 1. The fourth-order valence-corrected chi connectivity index (χ4v) is 1.89. The summed E-state index contributed by atoms with van der Waals surface area (Å²) in [5.41, 5.74) is 4.75. The number of hydrogen-bond donors (Lipinski definition) is 2. The number of amidine groups is 1. The third-order valence-corrected chi connectivity index (χ3v) is 3.01. The van der Waals surface area contributed by atoms with Gasteiger partial charge in [0.2, 0.25) is 5.91 Å². The lowest BCUT2D eigenvalue weighted by molar-refractivity contribution is -0.119. The van der Waals surface area contributed by atoms with Crippen molar-refractivity contribution < 1.29 is 4.79 Å². The van der Waals surface area contributed by atoms with Gasteiger partial charge in [-0.1, -0.05) is 23.9 Å². The lowest BCUT2D eigenvalue weighted by atomic mass is 10.1. The molecule has 1 aromatic rings. The topological polar surface area (TPSA) is 89.6 Å². The molecule has 0 aromatic heterocycles. The van der Waals surface area contributed by atoms with Gasteiger partial charge in [0.15, 0.2) is 11.4 Å². The highest BCUT2D eigenvalue weighted by atomic mass is 32.2. The molecule has 0 fully saturated rings. The number of amides is 1. The maximum Gasteiger partial charge on any atom is 0.246 e. The maximum absolute atomic E-state index is 11.1. The van der Waals surface area contributed by atoms with E-state index in [4.69, 9.17) is 5.26 Å². The molecule has 0 saturated heterocycles. The number of nitrogens with zero attached hydrogens (tertiary/aromatic N) is 3. The molecule has 1 aliphatic rings. The fraction of sp³-hybridized carbons (Fsp3) is 0.167. The van der Waals surface area contributed by atoms with Gasteiger partial charge in [0.1, 0.15) is 0 Å². The molecule has 0 spiro atoms. The monoisotopic (exact) mass is 273 g/mol. The van der Waals surface area contributed by atoms with Gasteiger partial charge in [-0.15, -0.1) is 0 Å². The zero-order valence-corrected chi connectivity index (χ0v) is 11.0. The summed E-state index contributed by atoms with van der Waals surface area (Å²) in [6, 6.07) is 7.33. The van der Waals surface area contributed by atoms with E-state index in [0.717, 1.165) is 17.0 Å². The van der Waals surface area contributed by atoms with Crippen LogP contribution in [0.2, 0.25) is 0 Å². The molecule has 0 aliphatic carbocycles. The lowest BCUT2D eigenvalue weighted by Gasteiger charge is -2.01. The second-order valence-electron chi connectivity index (χ2n) is 3.68. The summed E-state index contributed by atoms with van der Waals surface area (Å²) < 4.78 is 0. The van der Waals surface area contributed by atoms with Crippen LogP contribution in [0.1, 0.15) is 12.0 Å². The second kappa shape index (κ2) is 6.02. The SMILES string of the molecule is CSC(=Nc1ccc(C2=NNC(=O)C2)cc1)NC#N. The number of hydrazone groups is 1. The van der Waals surface area contributed by atoms with Gasteiger partial charge in [0.05, 0.1) is 17.8 Å². The van der Waals surface area contributed by atoms with E-state index in [1.165, 1.54) is 11.8 Å². The number of nitrogens with one attached hydrogen (secondary N) is 2. The fourth-order valence-electron chi connectivity index (χ4n) is 1.55. The van der Waals surface area contributed by atoms with E-state index in [-0.39, 0.29) is 5.91 Å². The van der Waals surface area contributed by atoms with Crippen LogP contribution < -0.4 is 10.7 Å². The molecular weight excluding hydrogens is 262 g/mol. The molecule has 0 unspecified atom stereocenters. The molecule has 0 saturated carbocycles. The van der Waals surface area contributed by atoms with Gasteiger partial charge < -0.3 is 0 Å². The van der Waals surface area contributed by atoms with Crippen LogP contribution in [0.3, 0.4) is 0 Å². The zero-order chi connectivity index (χ0) is 13.7. The molecule has 1 heterocycles. The van der Waals surface area contributed by atoms with Crippen molar-refractivity contribution in [3.05, 3.63) is 29.8 Å². The highest BCUT2D eigenvalue weighted by molar-refractivity contribution is 8.13. The van der Waals surface area contributed by atoms with Gasteiger partial charge in [-0.05, 0) is 24.0 Å². The average molecular weight is 273 g/mol. The summed E-state index contributed by atoms with van der Waals surface area (Å²) in [4.78, 5) is 15.3. The molecule has 1 aromatic carbocycles. The summed E-state index contributed by atoms with van der Waals surface area (Å²) in [6.45, 7) is 0. The number of carbonyl (C=O) groups is 1. The van der Waals surface area contributed by atoms with Crippen LogP contribution in [-0.4, -0.2) is 23.0 Å². The van der Waals surface area contributed by atoms with Crippen LogP contribution in [0.25, 0.3) is 0 Å². The van der Waals surface area contributed by atoms with Crippen molar-refractivity contribution in [3.63, 3.8) is 0 Å². The first-order chi connectivity index (χ1) is 9.22. The van der Waals surface area contributed by atoms with Crippen molar-refractivity contribution in [2.24, 2.45) is 10.1 Å². The van der Waals surface area contributed by atoms with Crippen LogP contribution in [0.4, 0.5) is 5.69 Å². The second-order valence-corrected chi connectivity index (χ2v) is 4.47. The molecule has 19 heavy (non-hydrogen) atoms. The van der Waals surface area contributed by atoms with Crippen molar-refractivity contribution in [1.29, 1.82) is 5.26 Å². The van der Waals surface area contributed by atoms with E-state index >= 15 is 0 Å². The predicted octanol–water partition coefficient (Wildman–Crippen LogP) is 1.33. The van der Waals surface area contributed by atoms with Gasteiger partial charge in [0, 0.05) is 0 Å². The Morgan fingerprint density at radius 3 is 2.79 bits per heavy atom. The van der Waals surface area contributed by atoms with E-state index in [1.807, 2.05) is 36.7 Å². The van der Waals surface area contributed by atoms with Gasteiger partial charge in [-0.25, -0.2) is 10.4 Å². The Morgan fingerprint density at radius 2 is 2.26 bits per heavy atom. The molecule has 96 valence electrons. The Labute approximate surface area is 114 Å². The van der Waals surface area contributed by atoms with Crippen LogP contribution >= 0.6 is 11.8 Å². The van der Waals surface area contributed by atoms with Crippen molar-refractivity contribution in [3.8, 4) is 6.19 Å². The van der Waals surface area contributed by atoms with Gasteiger partial charge in [0.25, 0.3) is 0 Å². The number of benzene rings is 1. The third kappa shape index (κ3) is 3.33. The predicted molar refractivity (Wildman–Crippen MR) is 75.1 cm³/mol. The van der Waals surface area contributed by atoms with Crippen molar-refractivity contribution in [2.45, 2.75) is 6.42 Å². The highest BCUT2D eigenvalue weighted by Gasteiger charge is 2.15. The standard InChI is InChI=1S/C12H11N5OS/c1-19-12(14-7-13)15-9-4-2-8(3-5-9)10-6-11(18)17-16-10/h2-5H,6H2,1H3,(H,14,15)(H,17,18). The molecule has 2 rings (SSSR count). The third-order valence-electron chi connectivity index (χ3n) is 2.43. The van der Waals surface area contributed by atoms with Crippen molar-refractivity contribution in [2.75, 3.05) is 6.26 Å². The minimum Gasteiger partial charge on any atom is -0.273 e. The molecular formula is C12H11N5OS. The maximum atomic E-state index is 11.1. The van der Waals surface area contributed by atoms with Gasteiger partial charge in [-0.2, -0.15) is 10.4 Å². The normalized spacial score (nSPS) is 14.6. The first-order valence-corrected chi connectivity index (χ1v) is 6.69. The Bertz CT molecular complexity index is 585. The molecule has 1 aliphatic heterocycles. The first-order valence-electron chi connectivity index (χ1n) is 5.46. The Balaban J connectivity index is 2.15. The minimum atomic E-state index is -0.0972. The minimum absolute atomic E-state index is 0.0972. The highest BCUT2D eigenvalue weighted by Crippen LogP contribution is 2.17. The number of rotatable bonds is 2. The van der Waals surface area contributed by atoms with Crippen molar-refractivity contribution in [1.82, 2.24) is 10.7 Å². The summed E-state index contributed by atoms with van der Waals surface area (Å²) in [5.74, 6) is -0.0972. The Hall–Kier alpha value is -2.33. The quantitative estimate of drug-likeness (QED) is 0.368. The molecule has 7 heteroatoms. The van der Waals surface area contributed by atoms with Crippen molar-refractivity contribution >= 4 is 34.2 Å². The number of hydrogen-bond acceptors (Lipinski definition) is 5. The summed E-state index contributed by atoms with van der Waals surface area (Å²) in [7, 11) is 0. The van der Waals surface area contributed by atoms with E-state index in [2.05, 4.69) is 20.8 Å². The summed E-state index contributed by atoms with van der Waals surface area (Å²) in [6.07, 6.45) is 3.97. The largest absolute Gasteiger partial charge is 0.273 e. The molecule has 0 bridgehead atoms. The van der Waals surface area contributed by atoms with Gasteiger partial charge >= 0.3 is 0 Å². The van der Waals surface area contributed by atoms with E-state index in [9.17, 15) is 4.79 Å². The van der Waals surface area contributed by atoms with E-state index in [0.29, 0.717) is 11.6 Å². The number of carbonyl (C=O) groups excluding carboxylic acids is 1. The van der Waals surface area contributed by atoms with Crippen LogP contribution in [0.15, 0.2) is 34.4 Å². The van der Waals surface area contributed by atoms with E-state index < -0.39 is 0 Å². The molecule has 1 amide bonds. The smallest absolute Gasteiger partial charge is 0.246 e. The average Bonchev–Trinajstić information content (AvgIpc) is 2.86. The molecule has 0 atom stereocenters.